The first-order valence-electron chi connectivity index (χ1n) is 7.53. The van der Waals surface area contributed by atoms with Crippen LogP contribution in [0.1, 0.15) is 48.0 Å². The van der Waals surface area contributed by atoms with E-state index in [0.717, 1.165) is 11.1 Å². The molecule has 110 valence electrons. The third kappa shape index (κ3) is 3.24. The van der Waals surface area contributed by atoms with Crippen LogP contribution in [0.15, 0.2) is 42.6 Å². The largest absolute Gasteiger partial charge is 0.481 e. The smallest absolute Gasteiger partial charge is 0.212 e. The van der Waals surface area contributed by atoms with Crippen LogP contribution in [0, 0.1) is 0 Å². The van der Waals surface area contributed by atoms with Crippen LogP contribution in [0.5, 0.6) is 5.88 Å². The van der Waals surface area contributed by atoms with Crippen LogP contribution in [0.4, 0.5) is 0 Å². The molecule has 0 saturated heterocycles. The first-order valence-corrected chi connectivity index (χ1v) is 7.53. The third-order valence-corrected chi connectivity index (χ3v) is 4.31. The fraction of sp³-hybridized carbons (Fsp3) is 0.389. The Morgan fingerprint density at radius 2 is 2.14 bits per heavy atom. The molecule has 1 unspecified atom stereocenters. The molecular weight excluding hydrogens is 262 g/mol. The Morgan fingerprint density at radius 3 is 2.76 bits per heavy atom. The van der Waals surface area contributed by atoms with Crippen molar-refractivity contribution in [1.29, 1.82) is 0 Å². The molecule has 3 heteroatoms. The molecule has 0 spiro atoms. The van der Waals surface area contributed by atoms with Crippen LogP contribution in [0.2, 0.25) is 0 Å². The predicted octanol–water partition coefficient (Wildman–Crippen LogP) is 3.63. The number of ether oxygens (including phenoxy) is 1. The van der Waals surface area contributed by atoms with Gasteiger partial charge in [0.15, 0.2) is 0 Å². The lowest BCUT2D eigenvalue weighted by Crippen LogP contribution is -2.10. The van der Waals surface area contributed by atoms with Crippen molar-refractivity contribution in [2.45, 2.75) is 37.7 Å². The van der Waals surface area contributed by atoms with Crippen LogP contribution in [0.3, 0.4) is 0 Å². The minimum Gasteiger partial charge on any atom is -0.481 e. The summed E-state index contributed by atoms with van der Waals surface area (Å²) in [6.07, 6.45) is 5.74. The molecule has 3 rings (SSSR count). The Kier molecular flexibility index (Phi) is 4.20. The molecule has 2 aromatic rings. The first kappa shape index (κ1) is 14.1. The number of rotatable bonds is 5. The number of pyridine rings is 1. The quantitative estimate of drug-likeness (QED) is 0.911. The minimum absolute atomic E-state index is 0.486. The molecular formula is C18H21NO2. The van der Waals surface area contributed by atoms with Gasteiger partial charge in [0.2, 0.25) is 5.88 Å². The minimum atomic E-state index is -0.486. The molecule has 1 atom stereocenters. The van der Waals surface area contributed by atoms with E-state index in [-0.39, 0.29) is 0 Å². The molecule has 1 fully saturated rings. The summed E-state index contributed by atoms with van der Waals surface area (Å²) in [5, 5.41) is 10.4. The second-order valence-electron chi connectivity index (χ2n) is 5.73. The van der Waals surface area contributed by atoms with E-state index < -0.39 is 6.10 Å². The summed E-state index contributed by atoms with van der Waals surface area (Å²) >= 11 is 0. The lowest BCUT2D eigenvalue weighted by Gasteiger charge is -2.26. The SMILES string of the molecule is COc1ccc(CC(O)c2cccc(C3CCC3)c2)cn1. The highest BCUT2D eigenvalue weighted by atomic mass is 16.5. The summed E-state index contributed by atoms with van der Waals surface area (Å²) in [5.41, 5.74) is 3.37. The van der Waals surface area contributed by atoms with Crippen molar-refractivity contribution in [3.05, 3.63) is 59.3 Å². The van der Waals surface area contributed by atoms with E-state index in [1.807, 2.05) is 18.2 Å². The zero-order valence-corrected chi connectivity index (χ0v) is 12.3. The van der Waals surface area contributed by atoms with Gasteiger partial charge in [0.25, 0.3) is 0 Å². The van der Waals surface area contributed by atoms with E-state index in [1.165, 1.54) is 24.8 Å². The standard InChI is InChI=1S/C18H21NO2/c1-21-18-9-8-13(12-19-18)10-17(20)16-7-3-6-15(11-16)14-4-2-5-14/h3,6-9,11-12,14,17,20H,2,4-5,10H2,1H3. The van der Waals surface area contributed by atoms with Crippen molar-refractivity contribution in [2.75, 3.05) is 7.11 Å². The second kappa shape index (κ2) is 6.27. The Morgan fingerprint density at radius 1 is 1.29 bits per heavy atom. The molecule has 1 heterocycles. The van der Waals surface area contributed by atoms with Crippen LogP contribution in [-0.2, 0) is 6.42 Å². The van der Waals surface area contributed by atoms with E-state index >= 15 is 0 Å². The highest BCUT2D eigenvalue weighted by Gasteiger charge is 2.20. The molecule has 21 heavy (non-hydrogen) atoms. The zero-order chi connectivity index (χ0) is 14.7. The zero-order valence-electron chi connectivity index (χ0n) is 12.3. The summed E-state index contributed by atoms with van der Waals surface area (Å²) in [6, 6.07) is 12.2. The van der Waals surface area contributed by atoms with Gasteiger partial charge in [-0.25, -0.2) is 4.98 Å². The number of methoxy groups -OCH3 is 1. The summed E-state index contributed by atoms with van der Waals surface area (Å²) in [6.45, 7) is 0. The van der Waals surface area contributed by atoms with Crippen molar-refractivity contribution in [2.24, 2.45) is 0 Å². The Labute approximate surface area is 125 Å². The van der Waals surface area contributed by atoms with Gasteiger partial charge in [-0.15, -0.1) is 0 Å². The van der Waals surface area contributed by atoms with E-state index in [2.05, 4.69) is 23.2 Å². The van der Waals surface area contributed by atoms with E-state index in [0.29, 0.717) is 18.2 Å². The van der Waals surface area contributed by atoms with Crippen LogP contribution in [-0.4, -0.2) is 17.2 Å². The monoisotopic (exact) mass is 283 g/mol. The molecule has 3 nitrogen and oxygen atoms in total. The summed E-state index contributed by atoms with van der Waals surface area (Å²) in [4.78, 5) is 4.18. The summed E-state index contributed by atoms with van der Waals surface area (Å²) in [7, 11) is 1.60. The van der Waals surface area contributed by atoms with Crippen LogP contribution < -0.4 is 4.74 Å². The molecule has 0 bridgehead atoms. The van der Waals surface area contributed by atoms with Gasteiger partial charge in [-0.05, 0) is 35.4 Å². The fourth-order valence-corrected chi connectivity index (χ4v) is 2.76. The normalized spacial score (nSPS) is 16.3. The molecule has 1 aromatic heterocycles. The van der Waals surface area contributed by atoms with Crippen molar-refractivity contribution in [1.82, 2.24) is 4.98 Å². The number of benzene rings is 1. The topological polar surface area (TPSA) is 42.4 Å². The van der Waals surface area contributed by atoms with Crippen molar-refractivity contribution in [3.8, 4) is 5.88 Å². The van der Waals surface area contributed by atoms with Crippen molar-refractivity contribution < 1.29 is 9.84 Å². The number of aliphatic hydroxyl groups excluding tert-OH is 1. The maximum Gasteiger partial charge on any atom is 0.212 e. The molecule has 1 N–H and O–H groups in total. The maximum atomic E-state index is 10.4. The van der Waals surface area contributed by atoms with Crippen molar-refractivity contribution in [3.63, 3.8) is 0 Å². The average Bonchev–Trinajstić information content (AvgIpc) is 2.46. The van der Waals surface area contributed by atoms with Gasteiger partial charge in [-0.1, -0.05) is 36.8 Å². The van der Waals surface area contributed by atoms with Crippen molar-refractivity contribution >= 4 is 0 Å². The number of aliphatic hydroxyl groups is 1. The maximum absolute atomic E-state index is 10.4. The average molecular weight is 283 g/mol. The third-order valence-electron chi connectivity index (χ3n) is 4.31. The molecule has 1 aromatic carbocycles. The van der Waals surface area contributed by atoms with E-state index in [4.69, 9.17) is 4.74 Å². The Bertz CT molecular complexity index is 590. The summed E-state index contributed by atoms with van der Waals surface area (Å²) in [5.74, 6) is 1.29. The van der Waals surface area contributed by atoms with Gasteiger partial charge < -0.3 is 9.84 Å². The lowest BCUT2D eigenvalue weighted by molar-refractivity contribution is 0.178. The van der Waals surface area contributed by atoms with Crippen LogP contribution in [0.25, 0.3) is 0 Å². The predicted molar refractivity (Wildman–Crippen MR) is 82.5 cm³/mol. The van der Waals surface area contributed by atoms with Gasteiger partial charge in [0.1, 0.15) is 0 Å². The fourth-order valence-electron chi connectivity index (χ4n) is 2.76. The molecule has 0 amide bonds. The van der Waals surface area contributed by atoms with Gasteiger partial charge in [0.05, 0.1) is 13.2 Å². The first-order chi connectivity index (χ1) is 10.3. The van der Waals surface area contributed by atoms with Crippen LogP contribution >= 0.6 is 0 Å². The Hall–Kier alpha value is -1.87. The van der Waals surface area contributed by atoms with Gasteiger partial charge in [-0.2, -0.15) is 0 Å². The number of hydrogen-bond donors (Lipinski definition) is 1. The van der Waals surface area contributed by atoms with E-state index in [9.17, 15) is 5.11 Å². The van der Waals surface area contributed by atoms with E-state index in [1.54, 1.807) is 13.3 Å². The van der Waals surface area contributed by atoms with Gasteiger partial charge in [-0.3, -0.25) is 0 Å². The van der Waals surface area contributed by atoms with Gasteiger partial charge >= 0.3 is 0 Å². The van der Waals surface area contributed by atoms with Gasteiger partial charge in [0, 0.05) is 18.7 Å². The summed E-state index contributed by atoms with van der Waals surface area (Å²) < 4.78 is 5.05. The Balaban J connectivity index is 1.70. The lowest BCUT2D eigenvalue weighted by atomic mass is 9.79. The molecule has 1 aliphatic rings. The highest BCUT2D eigenvalue weighted by Crippen LogP contribution is 2.37. The number of nitrogens with zero attached hydrogens (tertiary/aromatic N) is 1. The number of hydrogen-bond acceptors (Lipinski definition) is 3. The molecule has 0 aliphatic heterocycles. The second-order valence-corrected chi connectivity index (χ2v) is 5.73. The molecule has 1 saturated carbocycles. The molecule has 1 aliphatic carbocycles. The highest BCUT2D eigenvalue weighted by molar-refractivity contribution is 5.30. The molecule has 0 radical (unpaired) electrons. The number of aromatic nitrogens is 1.